The molecule has 0 bridgehead atoms. The number of carbonyl (C=O) groups is 1. The van der Waals surface area contributed by atoms with Gasteiger partial charge in [0.2, 0.25) is 0 Å². The Labute approximate surface area is 120 Å². The fourth-order valence-electron chi connectivity index (χ4n) is 2.17. The molecule has 2 rings (SSSR count). The number of carbonyl (C=O) groups excluding carboxylic acids is 1. The third-order valence-corrected chi connectivity index (χ3v) is 3.57. The molecule has 1 amide bonds. The Morgan fingerprint density at radius 1 is 1.65 bits per heavy atom. The molecule has 0 aliphatic carbocycles. The van der Waals surface area contributed by atoms with Crippen molar-refractivity contribution < 1.29 is 14.5 Å². The van der Waals surface area contributed by atoms with E-state index in [-0.39, 0.29) is 28.4 Å². The van der Waals surface area contributed by atoms with E-state index in [4.69, 9.17) is 16.3 Å². The zero-order valence-corrected chi connectivity index (χ0v) is 11.7. The van der Waals surface area contributed by atoms with Gasteiger partial charge in [-0.15, -0.1) is 0 Å². The second-order valence-electron chi connectivity index (χ2n) is 4.54. The molecular formula is C12H14ClN3O4. The SMILES string of the molecule is COC1CCCN(C(=O)c2cc([N+](=O)[O-])cnc2Cl)C1. The molecule has 1 aromatic rings. The number of hydrogen-bond acceptors (Lipinski definition) is 5. The lowest BCUT2D eigenvalue weighted by Crippen LogP contribution is -2.43. The van der Waals surface area contributed by atoms with E-state index in [0.717, 1.165) is 25.1 Å². The molecule has 0 N–H and O–H groups in total. The van der Waals surface area contributed by atoms with Crippen LogP contribution in [0.1, 0.15) is 23.2 Å². The van der Waals surface area contributed by atoms with Gasteiger partial charge >= 0.3 is 0 Å². The van der Waals surface area contributed by atoms with E-state index in [1.54, 1.807) is 12.0 Å². The number of piperidine rings is 1. The van der Waals surface area contributed by atoms with Crippen LogP contribution in [0, 0.1) is 10.1 Å². The number of likely N-dealkylation sites (tertiary alicyclic amines) is 1. The van der Waals surface area contributed by atoms with Gasteiger partial charge in [0.05, 0.1) is 16.6 Å². The predicted molar refractivity (Wildman–Crippen MR) is 71.8 cm³/mol. The van der Waals surface area contributed by atoms with Crippen molar-refractivity contribution >= 4 is 23.2 Å². The molecule has 20 heavy (non-hydrogen) atoms. The Bertz CT molecular complexity index is 537. The largest absolute Gasteiger partial charge is 0.380 e. The Morgan fingerprint density at radius 2 is 2.40 bits per heavy atom. The first-order valence-electron chi connectivity index (χ1n) is 6.15. The lowest BCUT2D eigenvalue weighted by atomic mass is 10.1. The Balaban J connectivity index is 2.24. The number of ether oxygens (including phenoxy) is 1. The van der Waals surface area contributed by atoms with Gasteiger partial charge in [0, 0.05) is 26.3 Å². The minimum atomic E-state index is -0.603. The van der Waals surface area contributed by atoms with E-state index >= 15 is 0 Å². The van der Waals surface area contributed by atoms with Crippen LogP contribution in [-0.2, 0) is 4.74 Å². The summed E-state index contributed by atoms with van der Waals surface area (Å²) in [6.45, 7) is 1.03. The van der Waals surface area contributed by atoms with Crippen molar-refractivity contribution in [3.63, 3.8) is 0 Å². The molecule has 1 fully saturated rings. The quantitative estimate of drug-likeness (QED) is 0.483. The van der Waals surface area contributed by atoms with Crippen molar-refractivity contribution in [2.75, 3.05) is 20.2 Å². The number of nitrogens with zero attached hydrogens (tertiary/aromatic N) is 3. The van der Waals surface area contributed by atoms with E-state index in [9.17, 15) is 14.9 Å². The minimum absolute atomic E-state index is 0.0156. The van der Waals surface area contributed by atoms with Gasteiger partial charge in [-0.3, -0.25) is 14.9 Å². The summed E-state index contributed by atoms with van der Waals surface area (Å²) in [7, 11) is 1.60. The van der Waals surface area contributed by atoms with E-state index in [1.165, 1.54) is 0 Å². The molecule has 7 nitrogen and oxygen atoms in total. The summed E-state index contributed by atoms with van der Waals surface area (Å²) in [5.74, 6) is -0.354. The summed E-state index contributed by atoms with van der Waals surface area (Å²) in [6, 6.07) is 1.16. The lowest BCUT2D eigenvalue weighted by Gasteiger charge is -2.32. The number of rotatable bonds is 3. The lowest BCUT2D eigenvalue weighted by molar-refractivity contribution is -0.385. The van der Waals surface area contributed by atoms with Crippen LogP contribution in [0.4, 0.5) is 5.69 Å². The van der Waals surface area contributed by atoms with Crippen LogP contribution < -0.4 is 0 Å². The molecule has 0 radical (unpaired) electrons. The van der Waals surface area contributed by atoms with Crippen LogP contribution in [0.25, 0.3) is 0 Å². The first-order chi connectivity index (χ1) is 9.52. The Morgan fingerprint density at radius 3 is 3.05 bits per heavy atom. The molecule has 1 aliphatic heterocycles. The fraction of sp³-hybridized carbons (Fsp3) is 0.500. The van der Waals surface area contributed by atoms with Crippen molar-refractivity contribution in [1.82, 2.24) is 9.88 Å². The standard InChI is InChI=1S/C12H14ClN3O4/c1-20-9-3-2-4-15(7-9)12(17)10-5-8(16(18)19)6-14-11(10)13/h5-6,9H,2-4,7H2,1H3. The summed E-state index contributed by atoms with van der Waals surface area (Å²) in [4.78, 5) is 27.8. The van der Waals surface area contributed by atoms with E-state index in [1.807, 2.05) is 0 Å². The minimum Gasteiger partial charge on any atom is -0.380 e. The van der Waals surface area contributed by atoms with Crippen molar-refractivity contribution in [3.8, 4) is 0 Å². The molecule has 108 valence electrons. The summed E-state index contributed by atoms with van der Waals surface area (Å²) in [6.07, 6.45) is 2.73. The highest BCUT2D eigenvalue weighted by Gasteiger charge is 2.27. The van der Waals surface area contributed by atoms with Gasteiger partial charge in [-0.1, -0.05) is 11.6 Å². The summed E-state index contributed by atoms with van der Waals surface area (Å²) >= 11 is 5.87. The van der Waals surface area contributed by atoms with Gasteiger partial charge < -0.3 is 9.64 Å². The first-order valence-corrected chi connectivity index (χ1v) is 6.52. The summed E-state index contributed by atoms with van der Waals surface area (Å²) < 4.78 is 5.25. The molecular weight excluding hydrogens is 286 g/mol. The molecule has 0 spiro atoms. The van der Waals surface area contributed by atoms with Crippen LogP contribution in [0.3, 0.4) is 0 Å². The number of halogens is 1. The van der Waals surface area contributed by atoms with E-state index < -0.39 is 4.92 Å². The molecule has 1 atom stereocenters. The highest BCUT2D eigenvalue weighted by Crippen LogP contribution is 2.22. The summed E-state index contributed by atoms with van der Waals surface area (Å²) in [5, 5.41) is 10.7. The second kappa shape index (κ2) is 6.15. The van der Waals surface area contributed by atoms with Crippen molar-refractivity contribution in [2.45, 2.75) is 18.9 Å². The maximum atomic E-state index is 12.4. The van der Waals surface area contributed by atoms with Crippen LogP contribution in [0.2, 0.25) is 5.15 Å². The molecule has 0 aromatic carbocycles. The van der Waals surface area contributed by atoms with Gasteiger partial charge in [0.15, 0.2) is 0 Å². The zero-order valence-electron chi connectivity index (χ0n) is 10.9. The average molecular weight is 300 g/mol. The van der Waals surface area contributed by atoms with Gasteiger partial charge in [-0.25, -0.2) is 4.98 Å². The molecule has 1 saturated heterocycles. The third-order valence-electron chi connectivity index (χ3n) is 3.26. The third kappa shape index (κ3) is 3.05. The highest BCUT2D eigenvalue weighted by molar-refractivity contribution is 6.32. The number of aromatic nitrogens is 1. The van der Waals surface area contributed by atoms with Gasteiger partial charge in [0.1, 0.15) is 11.3 Å². The maximum Gasteiger partial charge on any atom is 0.288 e. The predicted octanol–water partition coefficient (Wildman–Crippen LogP) is 1.89. The number of hydrogen-bond donors (Lipinski definition) is 0. The second-order valence-corrected chi connectivity index (χ2v) is 4.90. The molecule has 8 heteroatoms. The number of pyridine rings is 1. The van der Waals surface area contributed by atoms with Crippen molar-refractivity contribution in [3.05, 3.63) is 33.1 Å². The summed E-state index contributed by atoms with van der Waals surface area (Å²) in [5.41, 5.74) is -0.198. The van der Waals surface area contributed by atoms with E-state index in [2.05, 4.69) is 4.98 Å². The van der Waals surface area contributed by atoms with Gasteiger partial charge in [-0.05, 0) is 12.8 Å². The van der Waals surface area contributed by atoms with Gasteiger partial charge in [-0.2, -0.15) is 0 Å². The molecule has 0 saturated carbocycles. The first kappa shape index (κ1) is 14.7. The molecule has 2 heterocycles. The average Bonchev–Trinajstić information content (AvgIpc) is 2.46. The highest BCUT2D eigenvalue weighted by atomic mass is 35.5. The molecule has 1 aliphatic rings. The number of amides is 1. The van der Waals surface area contributed by atoms with Crippen molar-refractivity contribution in [1.29, 1.82) is 0 Å². The number of methoxy groups -OCH3 is 1. The van der Waals surface area contributed by atoms with Crippen LogP contribution in [0.5, 0.6) is 0 Å². The van der Waals surface area contributed by atoms with Gasteiger partial charge in [0.25, 0.3) is 11.6 Å². The van der Waals surface area contributed by atoms with Crippen LogP contribution in [-0.4, -0.2) is 47.0 Å². The monoisotopic (exact) mass is 299 g/mol. The number of nitro groups is 1. The molecule has 1 unspecified atom stereocenters. The Kier molecular flexibility index (Phi) is 4.51. The van der Waals surface area contributed by atoms with Crippen LogP contribution >= 0.6 is 11.6 Å². The van der Waals surface area contributed by atoms with Crippen LogP contribution in [0.15, 0.2) is 12.3 Å². The smallest absolute Gasteiger partial charge is 0.288 e. The zero-order chi connectivity index (χ0) is 14.7. The van der Waals surface area contributed by atoms with Crippen molar-refractivity contribution in [2.24, 2.45) is 0 Å². The Hall–Kier alpha value is -1.73. The normalized spacial score (nSPS) is 18.9. The van der Waals surface area contributed by atoms with E-state index in [0.29, 0.717) is 13.1 Å². The maximum absolute atomic E-state index is 12.4. The fourth-order valence-corrected chi connectivity index (χ4v) is 2.36. The topological polar surface area (TPSA) is 85.6 Å². The molecule has 1 aromatic heterocycles.